The minimum absolute atomic E-state index is 0.606. The van der Waals surface area contributed by atoms with Crippen LogP contribution in [-0.4, -0.2) is 57.8 Å². The van der Waals surface area contributed by atoms with E-state index in [0.717, 1.165) is 0 Å². The van der Waals surface area contributed by atoms with Gasteiger partial charge in [0.1, 0.15) is 18.3 Å². The molecule has 4 N–H and O–H groups in total. The lowest BCUT2D eigenvalue weighted by atomic mass is 10.0. The largest absolute Gasteiger partial charge is 0.394 e. The minimum Gasteiger partial charge on any atom is -0.394 e. The fourth-order valence-corrected chi connectivity index (χ4v) is 1.06. The van der Waals surface area contributed by atoms with E-state index in [4.69, 9.17) is 20.4 Å². The molecule has 0 amide bonds. The summed E-state index contributed by atoms with van der Waals surface area (Å²) in [5.41, 5.74) is 0. The molecule has 0 unspecified atom stereocenters. The van der Waals surface area contributed by atoms with E-state index in [9.17, 15) is 4.39 Å². The molecule has 0 aromatic rings. The summed E-state index contributed by atoms with van der Waals surface area (Å²) in [7, 11) is 0. The Bertz CT molecular complexity index is 150. The van der Waals surface area contributed by atoms with Gasteiger partial charge in [-0.25, -0.2) is 4.39 Å². The molecule has 5 atom stereocenters. The van der Waals surface area contributed by atoms with Crippen LogP contribution in [0.3, 0.4) is 0 Å². The second-order valence-electron chi connectivity index (χ2n) is 2.67. The quantitative estimate of drug-likeness (QED) is 0.368. The first-order valence-corrected chi connectivity index (χ1v) is 3.52. The Labute approximate surface area is 68.0 Å². The van der Waals surface area contributed by atoms with Crippen LogP contribution in [0.4, 0.5) is 4.39 Å². The zero-order valence-corrected chi connectivity index (χ0v) is 6.17. The SMILES string of the molecule is OC[C@H]1O[C@H](O)[C@@H](O)[C@@H](F)[C@@H]1O. The molecule has 12 heavy (non-hydrogen) atoms. The molecule has 1 rings (SSSR count). The van der Waals surface area contributed by atoms with Crippen molar-refractivity contribution in [3.05, 3.63) is 0 Å². The number of aliphatic hydroxyl groups excluding tert-OH is 4. The van der Waals surface area contributed by atoms with Crippen LogP contribution in [0.15, 0.2) is 0 Å². The van der Waals surface area contributed by atoms with Crippen molar-refractivity contribution in [3.8, 4) is 0 Å². The molecule has 0 aromatic carbocycles. The fourth-order valence-electron chi connectivity index (χ4n) is 1.06. The maximum atomic E-state index is 12.8. The van der Waals surface area contributed by atoms with Gasteiger partial charge in [0.2, 0.25) is 0 Å². The minimum atomic E-state index is -1.99. The second-order valence-corrected chi connectivity index (χ2v) is 2.67. The molecule has 0 radical (unpaired) electrons. The van der Waals surface area contributed by atoms with Crippen molar-refractivity contribution in [2.45, 2.75) is 30.8 Å². The fraction of sp³-hybridized carbons (Fsp3) is 1.00. The molecule has 5 nitrogen and oxygen atoms in total. The number of aliphatic hydroxyl groups is 4. The van der Waals surface area contributed by atoms with Crippen LogP contribution in [0, 0.1) is 0 Å². The van der Waals surface area contributed by atoms with Crippen LogP contribution in [0.5, 0.6) is 0 Å². The van der Waals surface area contributed by atoms with E-state index in [2.05, 4.69) is 4.74 Å². The van der Waals surface area contributed by atoms with Crippen LogP contribution in [0.1, 0.15) is 0 Å². The summed E-state index contributed by atoms with van der Waals surface area (Å²) in [6.45, 7) is -0.606. The normalized spacial score (nSPS) is 49.2. The summed E-state index contributed by atoms with van der Waals surface area (Å²) >= 11 is 0. The Kier molecular flexibility index (Phi) is 2.97. The third-order valence-electron chi connectivity index (χ3n) is 1.82. The third-order valence-corrected chi connectivity index (χ3v) is 1.82. The Morgan fingerprint density at radius 1 is 1.17 bits per heavy atom. The molecule has 1 aliphatic heterocycles. The number of rotatable bonds is 1. The average Bonchev–Trinajstić information content (AvgIpc) is 2.08. The summed E-state index contributed by atoms with van der Waals surface area (Å²) in [6, 6.07) is 0. The van der Waals surface area contributed by atoms with Gasteiger partial charge >= 0.3 is 0 Å². The van der Waals surface area contributed by atoms with Gasteiger partial charge in [-0.2, -0.15) is 0 Å². The maximum absolute atomic E-state index is 12.8. The van der Waals surface area contributed by atoms with Crippen molar-refractivity contribution in [2.75, 3.05) is 6.61 Å². The zero-order valence-electron chi connectivity index (χ0n) is 6.17. The zero-order chi connectivity index (χ0) is 9.30. The first kappa shape index (κ1) is 9.82. The van der Waals surface area contributed by atoms with E-state index >= 15 is 0 Å². The molecule has 0 spiro atoms. The standard InChI is InChI=1S/C6H11FO5/c7-3-4(9)2(1-8)12-6(11)5(3)10/h2-6,8-11H,1H2/t2-,3+,4-,5+,6+/m1/s1. The van der Waals surface area contributed by atoms with Gasteiger partial charge in [-0.3, -0.25) is 0 Å². The van der Waals surface area contributed by atoms with Crippen molar-refractivity contribution in [1.29, 1.82) is 0 Å². The highest BCUT2D eigenvalue weighted by atomic mass is 19.1. The van der Waals surface area contributed by atoms with Gasteiger partial charge in [0.05, 0.1) is 6.61 Å². The Balaban J connectivity index is 2.63. The molecule has 1 heterocycles. The average molecular weight is 182 g/mol. The predicted octanol–water partition coefficient (Wildman–Crippen LogP) is -2.24. The van der Waals surface area contributed by atoms with Crippen molar-refractivity contribution >= 4 is 0 Å². The topological polar surface area (TPSA) is 90.2 Å². The van der Waals surface area contributed by atoms with E-state index in [1.165, 1.54) is 0 Å². The van der Waals surface area contributed by atoms with E-state index in [-0.39, 0.29) is 0 Å². The Hall–Kier alpha value is -0.270. The van der Waals surface area contributed by atoms with Crippen molar-refractivity contribution < 1.29 is 29.6 Å². The Morgan fingerprint density at radius 2 is 1.75 bits per heavy atom. The van der Waals surface area contributed by atoms with Gasteiger partial charge in [-0.15, -0.1) is 0 Å². The van der Waals surface area contributed by atoms with Crippen LogP contribution in [0.25, 0.3) is 0 Å². The highest BCUT2D eigenvalue weighted by molar-refractivity contribution is 4.88. The van der Waals surface area contributed by atoms with E-state index in [1.807, 2.05) is 0 Å². The van der Waals surface area contributed by atoms with E-state index in [0.29, 0.717) is 0 Å². The number of hydrogen-bond donors (Lipinski definition) is 4. The summed E-state index contributed by atoms with van der Waals surface area (Å²) in [5, 5.41) is 35.2. The van der Waals surface area contributed by atoms with Crippen LogP contribution < -0.4 is 0 Å². The van der Waals surface area contributed by atoms with Gasteiger partial charge < -0.3 is 25.2 Å². The van der Waals surface area contributed by atoms with Gasteiger partial charge in [-0.1, -0.05) is 0 Å². The molecule has 0 saturated carbocycles. The number of alkyl halides is 1. The molecule has 72 valence electrons. The summed E-state index contributed by atoms with van der Waals surface area (Å²) < 4.78 is 17.3. The number of hydrogen-bond acceptors (Lipinski definition) is 5. The van der Waals surface area contributed by atoms with Crippen LogP contribution in [0.2, 0.25) is 0 Å². The third kappa shape index (κ3) is 1.57. The van der Waals surface area contributed by atoms with E-state index < -0.39 is 37.4 Å². The summed E-state index contributed by atoms with van der Waals surface area (Å²) in [4.78, 5) is 0. The monoisotopic (exact) mass is 182 g/mol. The smallest absolute Gasteiger partial charge is 0.184 e. The molecule has 1 fully saturated rings. The molecule has 1 aliphatic rings. The maximum Gasteiger partial charge on any atom is 0.184 e. The summed E-state index contributed by atoms with van der Waals surface area (Å²) in [6.07, 6.45) is -8.24. The van der Waals surface area contributed by atoms with E-state index in [1.54, 1.807) is 0 Å². The Morgan fingerprint density at radius 3 is 2.25 bits per heavy atom. The highest BCUT2D eigenvalue weighted by Crippen LogP contribution is 2.21. The number of halogens is 1. The molecule has 0 aromatic heterocycles. The molecular weight excluding hydrogens is 171 g/mol. The molecular formula is C6H11FO5. The van der Waals surface area contributed by atoms with Gasteiger partial charge in [0.15, 0.2) is 12.5 Å². The van der Waals surface area contributed by atoms with Crippen molar-refractivity contribution in [1.82, 2.24) is 0 Å². The van der Waals surface area contributed by atoms with Crippen molar-refractivity contribution in [2.24, 2.45) is 0 Å². The molecule has 0 bridgehead atoms. The van der Waals surface area contributed by atoms with Crippen molar-refractivity contribution in [3.63, 3.8) is 0 Å². The lowest BCUT2D eigenvalue weighted by molar-refractivity contribution is -0.274. The van der Waals surface area contributed by atoms with Gasteiger partial charge in [-0.05, 0) is 0 Å². The predicted molar refractivity (Wildman–Crippen MR) is 34.9 cm³/mol. The van der Waals surface area contributed by atoms with Crippen LogP contribution >= 0.6 is 0 Å². The first-order valence-electron chi connectivity index (χ1n) is 3.52. The van der Waals surface area contributed by atoms with Crippen LogP contribution in [-0.2, 0) is 4.74 Å². The van der Waals surface area contributed by atoms with Gasteiger partial charge in [0.25, 0.3) is 0 Å². The highest BCUT2D eigenvalue weighted by Gasteiger charge is 2.43. The first-order chi connectivity index (χ1) is 5.57. The lowest BCUT2D eigenvalue weighted by Crippen LogP contribution is -2.56. The lowest BCUT2D eigenvalue weighted by Gasteiger charge is -2.36. The number of ether oxygens (including phenoxy) is 1. The molecule has 1 saturated heterocycles. The molecule has 6 heteroatoms. The molecule has 0 aliphatic carbocycles. The van der Waals surface area contributed by atoms with Gasteiger partial charge in [0, 0.05) is 0 Å². The second kappa shape index (κ2) is 3.63. The summed E-state index contributed by atoms with van der Waals surface area (Å²) in [5.74, 6) is 0.